The number of rotatable bonds is 3. The third-order valence-corrected chi connectivity index (χ3v) is 6.96. The van der Waals surface area contributed by atoms with Crippen LogP contribution in [0, 0.1) is 5.92 Å². The second-order valence-electron chi connectivity index (χ2n) is 7.56. The van der Waals surface area contributed by atoms with E-state index in [0.717, 1.165) is 0 Å². The summed E-state index contributed by atoms with van der Waals surface area (Å²) in [6.07, 6.45) is 1.24. The van der Waals surface area contributed by atoms with Crippen LogP contribution in [0.25, 0.3) is 0 Å². The van der Waals surface area contributed by atoms with Gasteiger partial charge in [0.05, 0.1) is 0 Å². The first-order valence-corrected chi connectivity index (χ1v) is 10.7. The number of fused-ring (bicyclic) bond motifs is 2. The van der Waals surface area contributed by atoms with Gasteiger partial charge in [0, 0.05) is 46.2 Å². The third-order valence-electron chi connectivity index (χ3n) is 5.97. The van der Waals surface area contributed by atoms with E-state index in [9.17, 15) is 23.1 Å². The van der Waals surface area contributed by atoms with E-state index in [2.05, 4.69) is 0 Å². The maximum absolute atomic E-state index is 12.9. The van der Waals surface area contributed by atoms with Gasteiger partial charge in [0.1, 0.15) is 0 Å². The summed E-state index contributed by atoms with van der Waals surface area (Å²) in [5.41, 5.74) is 1.68. The molecule has 7 heteroatoms. The molecule has 2 aromatic carbocycles. The molecule has 0 saturated carbocycles. The molecular weight excluding hydrogens is 390 g/mol. The Labute approximate surface area is 171 Å². The Morgan fingerprint density at radius 2 is 1.55 bits per heavy atom. The summed E-state index contributed by atoms with van der Waals surface area (Å²) in [6.45, 7) is 2.63. The van der Waals surface area contributed by atoms with Gasteiger partial charge in [-0.05, 0) is 37.0 Å². The number of hydrogen-bond acceptors (Lipinski definition) is 5. The van der Waals surface area contributed by atoms with Crippen molar-refractivity contribution in [3.05, 3.63) is 70.3 Å². The Hall–Kier alpha value is -2.64. The molecule has 6 nitrogen and oxygen atoms in total. The van der Waals surface area contributed by atoms with E-state index in [-0.39, 0.29) is 29.0 Å². The van der Waals surface area contributed by atoms with Crippen LogP contribution >= 0.6 is 0 Å². The van der Waals surface area contributed by atoms with Gasteiger partial charge in [-0.1, -0.05) is 42.3 Å². The number of amides is 1. The smallest absolute Gasteiger partial charge is 0.253 e. The van der Waals surface area contributed by atoms with Crippen LogP contribution in [0.1, 0.15) is 62.0 Å². The molecular formula is C22H20NO5S-. The molecule has 4 rings (SSSR count). The average molecular weight is 410 g/mol. The van der Waals surface area contributed by atoms with Crippen LogP contribution in [0.2, 0.25) is 0 Å². The first kappa shape index (κ1) is 19.7. The van der Waals surface area contributed by atoms with Gasteiger partial charge in [-0.3, -0.25) is 18.6 Å². The van der Waals surface area contributed by atoms with Gasteiger partial charge in [-0.2, -0.15) is 0 Å². The second kappa shape index (κ2) is 7.65. The second-order valence-corrected chi connectivity index (χ2v) is 8.82. The van der Waals surface area contributed by atoms with E-state index in [1.54, 1.807) is 48.2 Å². The Morgan fingerprint density at radius 1 is 1.00 bits per heavy atom. The molecule has 29 heavy (non-hydrogen) atoms. The van der Waals surface area contributed by atoms with Crippen molar-refractivity contribution >= 4 is 28.6 Å². The van der Waals surface area contributed by atoms with Gasteiger partial charge in [0.2, 0.25) is 0 Å². The summed E-state index contributed by atoms with van der Waals surface area (Å²) in [7, 11) is 0. The quantitative estimate of drug-likeness (QED) is 0.619. The predicted molar refractivity (Wildman–Crippen MR) is 107 cm³/mol. The number of nitrogens with zero attached hydrogens (tertiary/aromatic N) is 1. The molecule has 150 valence electrons. The van der Waals surface area contributed by atoms with Crippen LogP contribution in [0.5, 0.6) is 0 Å². The summed E-state index contributed by atoms with van der Waals surface area (Å²) in [6, 6.07) is 11.3. The standard InChI is InChI=1S/C22H21NO5S/c1-13(29(27)28)14-8-10-23(11-9-14)22(26)15-6-7-18-19(12-15)21(25)17-5-3-2-4-16(17)20(18)24/h2-7,12-14H,8-11H2,1H3,(H,27,28)/p-1. The van der Waals surface area contributed by atoms with Crippen LogP contribution in [-0.4, -0.2) is 49.5 Å². The fraction of sp³-hybridized carbons (Fsp3) is 0.318. The van der Waals surface area contributed by atoms with Crippen molar-refractivity contribution in [1.82, 2.24) is 4.90 Å². The molecule has 1 amide bonds. The number of carbonyl (C=O) groups is 3. The van der Waals surface area contributed by atoms with Gasteiger partial charge >= 0.3 is 0 Å². The summed E-state index contributed by atoms with van der Waals surface area (Å²) < 4.78 is 22.4. The summed E-state index contributed by atoms with van der Waals surface area (Å²) >= 11 is -2.12. The lowest BCUT2D eigenvalue weighted by Gasteiger charge is -2.35. The van der Waals surface area contributed by atoms with E-state index in [4.69, 9.17) is 0 Å². The SMILES string of the molecule is CC(C1CCN(C(=O)c2ccc3c(c2)C(=O)c2ccccc2C3=O)CC1)S(=O)[O-]. The molecule has 2 aromatic rings. The number of ketones is 2. The fourth-order valence-corrected chi connectivity index (χ4v) is 4.73. The van der Waals surface area contributed by atoms with Crippen LogP contribution in [0.3, 0.4) is 0 Å². The van der Waals surface area contributed by atoms with Gasteiger partial charge < -0.3 is 9.45 Å². The highest BCUT2D eigenvalue weighted by atomic mass is 32.2. The zero-order valence-electron chi connectivity index (χ0n) is 15.9. The number of carbonyl (C=O) groups excluding carboxylic acids is 3. The van der Waals surface area contributed by atoms with Crippen molar-refractivity contribution in [3.8, 4) is 0 Å². The van der Waals surface area contributed by atoms with Crippen molar-refractivity contribution in [3.63, 3.8) is 0 Å². The summed E-state index contributed by atoms with van der Waals surface area (Å²) in [5.74, 6) is -0.636. The maximum atomic E-state index is 12.9. The Bertz CT molecular complexity index is 1040. The van der Waals surface area contributed by atoms with Crippen LogP contribution in [-0.2, 0) is 11.1 Å². The number of piperidine rings is 1. The van der Waals surface area contributed by atoms with Gasteiger partial charge in [-0.25, -0.2) is 0 Å². The lowest BCUT2D eigenvalue weighted by atomic mass is 9.83. The molecule has 0 aromatic heterocycles. The minimum Gasteiger partial charge on any atom is -0.772 e. The largest absolute Gasteiger partial charge is 0.772 e. The van der Waals surface area contributed by atoms with Crippen molar-refractivity contribution in [1.29, 1.82) is 0 Å². The van der Waals surface area contributed by atoms with E-state index in [1.807, 2.05) is 0 Å². The van der Waals surface area contributed by atoms with E-state index < -0.39 is 16.3 Å². The molecule has 2 atom stereocenters. The van der Waals surface area contributed by atoms with Crippen molar-refractivity contribution in [2.75, 3.05) is 13.1 Å². The number of benzene rings is 2. The fourth-order valence-electron chi connectivity index (χ4n) is 4.14. The monoisotopic (exact) mass is 410 g/mol. The molecule has 1 aliphatic heterocycles. The number of hydrogen-bond donors (Lipinski definition) is 0. The summed E-state index contributed by atoms with van der Waals surface area (Å²) in [5, 5.41) is -0.431. The minimum absolute atomic E-state index is 0.0385. The Balaban J connectivity index is 1.55. The highest BCUT2D eigenvalue weighted by Gasteiger charge is 2.31. The van der Waals surface area contributed by atoms with Crippen molar-refractivity contribution in [2.45, 2.75) is 25.0 Å². The summed E-state index contributed by atoms with van der Waals surface area (Å²) in [4.78, 5) is 40.2. The molecule has 1 saturated heterocycles. The zero-order valence-corrected chi connectivity index (χ0v) is 16.7. The first-order valence-electron chi connectivity index (χ1n) is 9.58. The van der Waals surface area contributed by atoms with Crippen LogP contribution in [0.15, 0.2) is 42.5 Å². The third kappa shape index (κ3) is 3.45. The first-order chi connectivity index (χ1) is 13.9. The maximum Gasteiger partial charge on any atom is 0.253 e. The van der Waals surface area contributed by atoms with E-state index in [0.29, 0.717) is 48.2 Å². The minimum atomic E-state index is -2.12. The molecule has 0 bridgehead atoms. The van der Waals surface area contributed by atoms with Gasteiger partial charge in [-0.15, -0.1) is 0 Å². The zero-order chi connectivity index (χ0) is 20.7. The highest BCUT2D eigenvalue weighted by Crippen LogP contribution is 2.29. The number of likely N-dealkylation sites (tertiary alicyclic amines) is 1. The molecule has 1 aliphatic carbocycles. The molecule has 2 unspecified atom stereocenters. The van der Waals surface area contributed by atoms with Crippen molar-refractivity contribution < 1.29 is 23.1 Å². The molecule has 0 N–H and O–H groups in total. The normalized spacial score (nSPS) is 18.8. The lowest BCUT2D eigenvalue weighted by Crippen LogP contribution is -2.41. The molecule has 2 aliphatic rings. The van der Waals surface area contributed by atoms with Gasteiger partial charge in [0.15, 0.2) is 11.6 Å². The lowest BCUT2D eigenvalue weighted by molar-refractivity contribution is 0.0689. The Morgan fingerprint density at radius 3 is 2.14 bits per heavy atom. The van der Waals surface area contributed by atoms with Crippen molar-refractivity contribution in [2.24, 2.45) is 5.92 Å². The van der Waals surface area contributed by atoms with Crippen LogP contribution < -0.4 is 0 Å². The van der Waals surface area contributed by atoms with Gasteiger partial charge in [0.25, 0.3) is 5.91 Å². The highest BCUT2D eigenvalue weighted by molar-refractivity contribution is 7.79. The topological polar surface area (TPSA) is 94.6 Å². The van der Waals surface area contributed by atoms with E-state index in [1.165, 1.54) is 6.07 Å². The molecule has 0 spiro atoms. The Kier molecular flexibility index (Phi) is 5.19. The average Bonchev–Trinajstić information content (AvgIpc) is 2.76. The molecule has 1 heterocycles. The molecule has 1 fully saturated rings. The van der Waals surface area contributed by atoms with Crippen LogP contribution in [0.4, 0.5) is 0 Å². The predicted octanol–water partition coefficient (Wildman–Crippen LogP) is 2.58. The van der Waals surface area contributed by atoms with E-state index >= 15 is 0 Å². The molecule has 0 radical (unpaired) electrons.